The van der Waals surface area contributed by atoms with Gasteiger partial charge < -0.3 is 14.8 Å². The molecule has 3 aliphatic rings. The molecule has 0 radical (unpaired) electrons. The number of fused-ring (bicyclic) bond motifs is 3. The summed E-state index contributed by atoms with van der Waals surface area (Å²) in [6.07, 6.45) is 3.59. The molecule has 118 valence electrons. The molecule has 22 heavy (non-hydrogen) atoms. The van der Waals surface area contributed by atoms with Gasteiger partial charge in [-0.05, 0) is 54.2 Å². The van der Waals surface area contributed by atoms with Crippen molar-refractivity contribution in [2.75, 3.05) is 6.79 Å². The van der Waals surface area contributed by atoms with Crippen molar-refractivity contribution >= 4 is 5.91 Å². The van der Waals surface area contributed by atoms with Crippen LogP contribution in [0.5, 0.6) is 11.5 Å². The second-order valence-electron chi connectivity index (χ2n) is 7.70. The number of benzene rings is 1. The Labute approximate surface area is 131 Å². The Bertz CT molecular complexity index is 639. The molecule has 4 heteroatoms. The summed E-state index contributed by atoms with van der Waals surface area (Å²) in [6.45, 7) is 7.29. The highest BCUT2D eigenvalue weighted by Crippen LogP contribution is 2.65. The van der Waals surface area contributed by atoms with Gasteiger partial charge in [0, 0.05) is 11.6 Å². The minimum atomic E-state index is -0.00660. The highest BCUT2D eigenvalue weighted by Gasteiger charge is 2.61. The van der Waals surface area contributed by atoms with Crippen LogP contribution in [0.25, 0.3) is 0 Å². The van der Waals surface area contributed by atoms with Gasteiger partial charge >= 0.3 is 0 Å². The molecular weight excluding hydrogens is 278 g/mol. The van der Waals surface area contributed by atoms with Gasteiger partial charge in [-0.25, -0.2) is 0 Å². The number of amides is 1. The van der Waals surface area contributed by atoms with E-state index in [9.17, 15) is 4.79 Å². The number of ether oxygens (including phenoxy) is 2. The van der Waals surface area contributed by atoms with Crippen LogP contribution in [0.2, 0.25) is 0 Å². The van der Waals surface area contributed by atoms with E-state index in [1.165, 1.54) is 12.8 Å². The van der Waals surface area contributed by atoms with E-state index < -0.39 is 0 Å². The lowest BCUT2D eigenvalue weighted by Gasteiger charge is -2.39. The third-order valence-corrected chi connectivity index (χ3v) is 6.73. The van der Waals surface area contributed by atoms with Gasteiger partial charge in [-0.3, -0.25) is 4.79 Å². The van der Waals surface area contributed by atoms with Crippen LogP contribution in [-0.2, 0) is 0 Å². The van der Waals surface area contributed by atoms with E-state index in [0.29, 0.717) is 22.5 Å². The van der Waals surface area contributed by atoms with Gasteiger partial charge in [0.1, 0.15) is 0 Å². The minimum Gasteiger partial charge on any atom is -0.454 e. The Hall–Kier alpha value is -1.71. The highest BCUT2D eigenvalue weighted by atomic mass is 16.7. The van der Waals surface area contributed by atoms with Crippen LogP contribution in [0, 0.1) is 16.7 Å². The van der Waals surface area contributed by atoms with E-state index in [-0.39, 0.29) is 24.2 Å². The Morgan fingerprint density at radius 1 is 1.23 bits per heavy atom. The molecule has 2 fully saturated rings. The summed E-state index contributed by atoms with van der Waals surface area (Å²) in [4.78, 5) is 12.6. The summed E-state index contributed by atoms with van der Waals surface area (Å²) < 4.78 is 10.7. The minimum absolute atomic E-state index is 0.00660. The second-order valence-corrected chi connectivity index (χ2v) is 7.70. The molecule has 1 N–H and O–H groups in total. The largest absolute Gasteiger partial charge is 0.454 e. The van der Waals surface area contributed by atoms with Gasteiger partial charge in [0.05, 0.1) is 0 Å². The highest BCUT2D eigenvalue weighted by molar-refractivity contribution is 5.95. The zero-order valence-corrected chi connectivity index (χ0v) is 13.4. The molecule has 2 aliphatic carbocycles. The van der Waals surface area contributed by atoms with Crippen LogP contribution in [0.15, 0.2) is 18.2 Å². The van der Waals surface area contributed by atoms with Gasteiger partial charge in [-0.2, -0.15) is 0 Å². The van der Waals surface area contributed by atoms with Crippen molar-refractivity contribution in [3.05, 3.63) is 23.8 Å². The van der Waals surface area contributed by atoms with Crippen molar-refractivity contribution in [1.29, 1.82) is 0 Å². The number of carbonyl (C=O) groups is 1. The normalized spacial score (nSPS) is 34.0. The molecule has 1 aliphatic heterocycles. The van der Waals surface area contributed by atoms with Crippen LogP contribution in [0.3, 0.4) is 0 Å². The lowest BCUT2D eigenvalue weighted by molar-refractivity contribution is 0.0826. The fourth-order valence-corrected chi connectivity index (χ4v) is 4.70. The van der Waals surface area contributed by atoms with Crippen molar-refractivity contribution in [3.8, 4) is 11.5 Å². The average Bonchev–Trinajstić information content (AvgIpc) is 3.08. The van der Waals surface area contributed by atoms with E-state index in [2.05, 4.69) is 26.1 Å². The first kappa shape index (κ1) is 13.9. The Morgan fingerprint density at radius 2 is 2.00 bits per heavy atom. The van der Waals surface area contributed by atoms with E-state index in [4.69, 9.17) is 9.47 Å². The molecule has 4 rings (SSSR count). The van der Waals surface area contributed by atoms with E-state index >= 15 is 0 Å². The van der Waals surface area contributed by atoms with Gasteiger partial charge in [-0.1, -0.05) is 20.8 Å². The predicted molar refractivity (Wildman–Crippen MR) is 83.0 cm³/mol. The van der Waals surface area contributed by atoms with Gasteiger partial charge in [0.15, 0.2) is 11.5 Å². The van der Waals surface area contributed by atoms with Gasteiger partial charge in [0.2, 0.25) is 6.79 Å². The fraction of sp³-hybridized carbons (Fsp3) is 0.611. The van der Waals surface area contributed by atoms with Gasteiger partial charge in [0.25, 0.3) is 5.91 Å². The van der Waals surface area contributed by atoms with Crippen molar-refractivity contribution < 1.29 is 14.3 Å². The quantitative estimate of drug-likeness (QED) is 0.911. The lowest BCUT2D eigenvalue weighted by atomic mass is 9.69. The maximum atomic E-state index is 12.6. The monoisotopic (exact) mass is 301 g/mol. The third kappa shape index (κ3) is 1.73. The first-order chi connectivity index (χ1) is 10.4. The summed E-state index contributed by atoms with van der Waals surface area (Å²) in [5.74, 6) is 2.09. The van der Waals surface area contributed by atoms with Crippen molar-refractivity contribution in [3.63, 3.8) is 0 Å². The standard InChI is InChI=1S/C18H23NO3/c1-17(2)12-6-7-18(17,3)15(9-12)19-16(20)11-4-5-13-14(8-11)22-10-21-13/h4-5,8,12,15H,6-7,9-10H2,1-3H3,(H,19,20). The number of hydrogen-bond acceptors (Lipinski definition) is 3. The predicted octanol–water partition coefficient (Wildman–Crippen LogP) is 3.36. The molecule has 0 saturated heterocycles. The Morgan fingerprint density at radius 3 is 2.68 bits per heavy atom. The van der Waals surface area contributed by atoms with Crippen LogP contribution in [0.1, 0.15) is 50.4 Å². The second kappa shape index (κ2) is 4.40. The Kier molecular flexibility index (Phi) is 2.78. The van der Waals surface area contributed by atoms with Crippen molar-refractivity contribution in [2.45, 2.75) is 46.1 Å². The molecular formula is C18H23NO3. The first-order valence-corrected chi connectivity index (χ1v) is 8.12. The molecule has 0 spiro atoms. The molecule has 1 aromatic carbocycles. The maximum absolute atomic E-state index is 12.6. The molecule has 4 nitrogen and oxygen atoms in total. The molecule has 3 unspecified atom stereocenters. The summed E-state index contributed by atoms with van der Waals surface area (Å²) in [6, 6.07) is 5.66. The molecule has 1 aromatic rings. The molecule has 2 saturated carbocycles. The SMILES string of the molecule is CC1(C)C2CCC1(C)C(NC(=O)c1ccc3c(c1)OCO3)C2. The number of carbonyl (C=O) groups excluding carboxylic acids is 1. The lowest BCUT2D eigenvalue weighted by Crippen LogP contribution is -2.46. The van der Waals surface area contributed by atoms with Crippen LogP contribution >= 0.6 is 0 Å². The van der Waals surface area contributed by atoms with Crippen LogP contribution in [0.4, 0.5) is 0 Å². The molecule has 0 aromatic heterocycles. The summed E-state index contributed by atoms with van der Waals surface area (Å²) in [5, 5.41) is 3.28. The van der Waals surface area contributed by atoms with Crippen LogP contribution < -0.4 is 14.8 Å². The number of hydrogen-bond donors (Lipinski definition) is 1. The molecule has 2 bridgehead atoms. The zero-order valence-electron chi connectivity index (χ0n) is 13.4. The molecule has 1 heterocycles. The smallest absolute Gasteiger partial charge is 0.251 e. The molecule has 1 amide bonds. The van der Waals surface area contributed by atoms with E-state index in [1.54, 1.807) is 6.07 Å². The van der Waals surface area contributed by atoms with E-state index in [1.807, 2.05) is 12.1 Å². The average molecular weight is 301 g/mol. The van der Waals surface area contributed by atoms with E-state index in [0.717, 1.165) is 12.3 Å². The summed E-state index contributed by atoms with van der Waals surface area (Å²) >= 11 is 0. The summed E-state index contributed by atoms with van der Waals surface area (Å²) in [5.41, 5.74) is 1.15. The maximum Gasteiger partial charge on any atom is 0.251 e. The first-order valence-electron chi connectivity index (χ1n) is 8.12. The number of rotatable bonds is 2. The van der Waals surface area contributed by atoms with Gasteiger partial charge in [-0.15, -0.1) is 0 Å². The van der Waals surface area contributed by atoms with Crippen LogP contribution in [-0.4, -0.2) is 18.7 Å². The summed E-state index contributed by atoms with van der Waals surface area (Å²) in [7, 11) is 0. The fourth-order valence-electron chi connectivity index (χ4n) is 4.70. The third-order valence-electron chi connectivity index (χ3n) is 6.73. The van der Waals surface area contributed by atoms with Crippen molar-refractivity contribution in [1.82, 2.24) is 5.32 Å². The number of nitrogens with one attached hydrogen (secondary N) is 1. The topological polar surface area (TPSA) is 47.6 Å². The molecule has 3 atom stereocenters. The Balaban J connectivity index is 1.54. The zero-order chi connectivity index (χ0) is 15.5. The van der Waals surface area contributed by atoms with Crippen molar-refractivity contribution in [2.24, 2.45) is 16.7 Å².